The Morgan fingerprint density at radius 3 is 1.01 bits per heavy atom. The summed E-state index contributed by atoms with van der Waals surface area (Å²) in [5, 5.41) is 15.6. The van der Waals surface area contributed by atoms with Gasteiger partial charge in [-0.05, 0) is 186 Å². The number of nitrogens with zero attached hydrogens (tertiary/aromatic N) is 2. The van der Waals surface area contributed by atoms with Crippen LogP contribution in [0.1, 0.15) is 49.9 Å². The van der Waals surface area contributed by atoms with Crippen LogP contribution in [0.25, 0.3) is 142 Å². The second-order valence-corrected chi connectivity index (χ2v) is 26.0. The normalized spacial score (nSPS) is 14.0. The van der Waals surface area contributed by atoms with E-state index in [1.54, 1.807) is 0 Å². The Morgan fingerprint density at radius 2 is 0.556 bits per heavy atom. The van der Waals surface area contributed by atoms with Crippen LogP contribution < -0.4 is 9.80 Å². The van der Waals surface area contributed by atoms with Crippen LogP contribution >= 0.6 is 0 Å². The van der Waals surface area contributed by atoms with Gasteiger partial charge in [0.25, 0.3) is 0 Å². The Balaban J connectivity index is 0.704. The molecule has 90 heavy (non-hydrogen) atoms. The molecular formula is C84H54N2O4. The van der Waals surface area contributed by atoms with Gasteiger partial charge in [-0.25, -0.2) is 0 Å². The van der Waals surface area contributed by atoms with Gasteiger partial charge in [-0.3, -0.25) is 0 Å². The van der Waals surface area contributed by atoms with Crippen LogP contribution in [0.5, 0.6) is 0 Å². The van der Waals surface area contributed by atoms with Crippen molar-refractivity contribution in [1.29, 1.82) is 0 Å². The summed E-state index contributed by atoms with van der Waals surface area (Å²) in [7, 11) is 0. The van der Waals surface area contributed by atoms with Gasteiger partial charge in [-0.15, -0.1) is 0 Å². The molecule has 0 atom stereocenters. The standard InChI is InChI=1S/C84H54N2O4/c1-83(2)69-19-11-9-17-59(69)61-29-23-51(41-71(61)83)85(55-27-33-65-79(45-55)87-73-35-21-47-13-5-7-15-57(47)81(65)73)53-25-31-63-67-37-49-38-68-64-32-26-54(44-78(64)90-76(68)40-50(49)39-75(67)89-77(63)43-53)86(52-24-30-62-60-18-10-12-20-70(60)84(3,4)72(62)42-52)56-28-34-66-80(46-56)88-74-36-22-48-14-6-8-16-58(48)82(66)74/h5-46H,1-4H3. The zero-order valence-corrected chi connectivity index (χ0v) is 49.8. The molecule has 0 unspecified atom stereocenters. The molecule has 2 aliphatic rings. The summed E-state index contributed by atoms with van der Waals surface area (Å²) in [4.78, 5) is 4.70. The summed E-state index contributed by atoms with van der Waals surface area (Å²) in [5.41, 5.74) is 22.8. The topological polar surface area (TPSA) is 59.0 Å². The van der Waals surface area contributed by atoms with Gasteiger partial charge >= 0.3 is 0 Å². The van der Waals surface area contributed by atoms with Crippen LogP contribution in [0.15, 0.2) is 272 Å². The van der Waals surface area contributed by atoms with E-state index in [2.05, 4.69) is 292 Å². The highest BCUT2D eigenvalue weighted by Crippen LogP contribution is 2.54. The highest BCUT2D eigenvalue weighted by molar-refractivity contribution is 6.21. The third-order valence-electron chi connectivity index (χ3n) is 20.4. The van der Waals surface area contributed by atoms with E-state index in [9.17, 15) is 0 Å². The Bertz CT molecular complexity index is 5830. The van der Waals surface area contributed by atoms with Gasteiger partial charge in [0.2, 0.25) is 0 Å². The first-order chi connectivity index (χ1) is 44.1. The number of hydrogen-bond donors (Lipinski definition) is 0. The number of hydrogen-bond acceptors (Lipinski definition) is 6. The van der Waals surface area contributed by atoms with Crippen molar-refractivity contribution in [1.82, 2.24) is 0 Å². The lowest BCUT2D eigenvalue weighted by molar-refractivity contribution is 0.660. The molecule has 18 aromatic rings. The summed E-state index contributed by atoms with van der Waals surface area (Å²) in [5.74, 6) is 0. The fourth-order valence-corrected chi connectivity index (χ4v) is 16.0. The summed E-state index contributed by atoms with van der Waals surface area (Å²) >= 11 is 0. The van der Waals surface area contributed by atoms with E-state index in [-0.39, 0.29) is 10.8 Å². The van der Waals surface area contributed by atoms with Crippen LogP contribution in [-0.4, -0.2) is 0 Å². The predicted molar refractivity (Wildman–Crippen MR) is 373 cm³/mol. The van der Waals surface area contributed by atoms with Gasteiger partial charge in [-0.2, -0.15) is 0 Å². The molecule has 0 aliphatic heterocycles. The van der Waals surface area contributed by atoms with Gasteiger partial charge in [0.15, 0.2) is 0 Å². The molecule has 0 saturated heterocycles. The van der Waals surface area contributed by atoms with Crippen molar-refractivity contribution in [3.05, 3.63) is 277 Å². The summed E-state index contributed by atoms with van der Waals surface area (Å²) < 4.78 is 27.3. The number of fused-ring (bicyclic) bond motifs is 23. The first-order valence-electron chi connectivity index (χ1n) is 31.1. The molecule has 0 saturated carbocycles. The highest BCUT2D eigenvalue weighted by Gasteiger charge is 2.38. The first-order valence-corrected chi connectivity index (χ1v) is 31.1. The monoisotopic (exact) mass is 1150 g/mol. The van der Waals surface area contributed by atoms with E-state index in [1.807, 2.05) is 0 Å². The van der Waals surface area contributed by atoms with Gasteiger partial charge in [0, 0.05) is 112 Å². The number of benzene rings is 14. The molecule has 0 amide bonds. The Kier molecular flexibility index (Phi) is 9.77. The molecule has 4 aromatic heterocycles. The van der Waals surface area contributed by atoms with Crippen molar-refractivity contribution in [2.75, 3.05) is 9.80 Å². The molecule has 0 N–H and O–H groups in total. The van der Waals surface area contributed by atoms with E-state index >= 15 is 0 Å². The maximum atomic E-state index is 6.95. The SMILES string of the molecule is CC1(C)c2ccccc2-c2ccc(N(c3ccc4c(c3)oc3cc5cc6oc7cc(N(c8ccc9c(c8)C(C)(C)c8ccccc8-9)c8ccc9c(c8)oc8ccc%10ccccc%10c89)ccc7c6cc5cc34)c3ccc4c(c3)oc3ccc5ccccc5c34)cc21. The summed E-state index contributed by atoms with van der Waals surface area (Å²) in [6.45, 7) is 9.36. The molecule has 6 heteroatoms. The molecule has 0 fully saturated rings. The van der Waals surface area contributed by atoms with Crippen molar-refractivity contribution in [2.24, 2.45) is 0 Å². The summed E-state index contributed by atoms with van der Waals surface area (Å²) in [6, 6.07) is 92.7. The first kappa shape index (κ1) is 49.7. The average Bonchev–Trinajstić information content (AvgIpc) is 1.61. The molecule has 424 valence electrons. The second-order valence-electron chi connectivity index (χ2n) is 26.0. The number of anilines is 6. The van der Waals surface area contributed by atoms with Crippen molar-refractivity contribution < 1.29 is 17.7 Å². The largest absolute Gasteiger partial charge is 0.456 e. The lowest BCUT2D eigenvalue weighted by Gasteiger charge is -2.28. The van der Waals surface area contributed by atoms with Gasteiger partial charge in [0.05, 0.1) is 0 Å². The number of furan rings is 4. The van der Waals surface area contributed by atoms with E-state index in [4.69, 9.17) is 17.7 Å². The zero-order chi connectivity index (χ0) is 59.5. The molecule has 0 spiro atoms. The molecule has 14 aromatic carbocycles. The highest BCUT2D eigenvalue weighted by atomic mass is 16.3. The minimum atomic E-state index is -0.182. The summed E-state index contributed by atoms with van der Waals surface area (Å²) in [6.07, 6.45) is 0. The molecule has 6 nitrogen and oxygen atoms in total. The molecule has 0 bridgehead atoms. The van der Waals surface area contributed by atoms with Gasteiger partial charge < -0.3 is 27.5 Å². The Hall–Kier alpha value is -11.3. The van der Waals surface area contributed by atoms with Crippen molar-refractivity contribution >= 4 is 154 Å². The number of rotatable bonds is 6. The Labute approximate surface area is 516 Å². The van der Waals surface area contributed by atoms with E-state index < -0.39 is 0 Å². The van der Waals surface area contributed by atoms with Crippen molar-refractivity contribution in [3.63, 3.8) is 0 Å². The van der Waals surface area contributed by atoms with E-state index in [1.165, 1.54) is 66.1 Å². The maximum Gasteiger partial charge on any atom is 0.137 e. The smallest absolute Gasteiger partial charge is 0.137 e. The Morgan fingerprint density at radius 1 is 0.222 bits per heavy atom. The van der Waals surface area contributed by atoms with E-state index in [0.717, 1.165) is 133 Å². The minimum Gasteiger partial charge on any atom is -0.456 e. The average molecular weight is 1160 g/mol. The molecule has 0 radical (unpaired) electrons. The predicted octanol–water partition coefficient (Wildman–Crippen LogP) is 24.3. The van der Waals surface area contributed by atoms with Crippen molar-refractivity contribution in [3.8, 4) is 22.3 Å². The van der Waals surface area contributed by atoms with E-state index in [0.29, 0.717) is 0 Å². The third kappa shape index (κ3) is 6.87. The molecule has 2 aliphatic carbocycles. The van der Waals surface area contributed by atoms with Crippen LogP contribution in [0.4, 0.5) is 34.1 Å². The quantitative estimate of drug-likeness (QED) is 0.165. The minimum absolute atomic E-state index is 0.182. The molecule has 4 heterocycles. The van der Waals surface area contributed by atoms with Gasteiger partial charge in [-0.1, -0.05) is 149 Å². The third-order valence-corrected chi connectivity index (χ3v) is 20.4. The fraction of sp³-hybridized carbons (Fsp3) is 0.0714. The molecule has 20 rings (SSSR count). The zero-order valence-electron chi connectivity index (χ0n) is 49.8. The van der Waals surface area contributed by atoms with Gasteiger partial charge in [0.1, 0.15) is 44.7 Å². The van der Waals surface area contributed by atoms with Crippen LogP contribution in [-0.2, 0) is 10.8 Å². The second kappa shape index (κ2) is 17.7. The van der Waals surface area contributed by atoms with Crippen LogP contribution in [0.2, 0.25) is 0 Å². The maximum absolute atomic E-state index is 6.95. The molecular weight excluding hydrogens is 1100 g/mol. The lowest BCUT2D eigenvalue weighted by Crippen LogP contribution is -2.16. The van der Waals surface area contributed by atoms with Crippen molar-refractivity contribution in [2.45, 2.75) is 38.5 Å². The van der Waals surface area contributed by atoms with Crippen LogP contribution in [0.3, 0.4) is 0 Å². The lowest BCUT2D eigenvalue weighted by atomic mass is 9.82. The fourth-order valence-electron chi connectivity index (χ4n) is 16.0. The van der Waals surface area contributed by atoms with Crippen LogP contribution in [0, 0.1) is 0 Å².